The van der Waals surface area contributed by atoms with Crippen molar-refractivity contribution in [2.24, 2.45) is 0 Å². The summed E-state index contributed by atoms with van der Waals surface area (Å²) in [6.07, 6.45) is 0. The average molecular weight is 391 g/mol. The maximum Gasteiger partial charge on any atom is 0.396 e. The van der Waals surface area contributed by atoms with Crippen LogP contribution in [0, 0.1) is 20.8 Å². The highest BCUT2D eigenvalue weighted by Crippen LogP contribution is 2.31. The van der Waals surface area contributed by atoms with Gasteiger partial charge in [-0.2, -0.15) is 0 Å². The first kappa shape index (κ1) is 18.3. The van der Waals surface area contributed by atoms with Crippen LogP contribution in [0.3, 0.4) is 0 Å². The zero-order chi connectivity index (χ0) is 19.2. The Kier molecular flexibility index (Phi) is 4.49. The summed E-state index contributed by atoms with van der Waals surface area (Å²) < 4.78 is 32.8. The molecule has 0 unspecified atom stereocenters. The predicted octanol–water partition coefficient (Wildman–Crippen LogP) is 3.52. The molecule has 0 saturated carbocycles. The molecule has 0 spiro atoms. The first-order valence-corrected chi connectivity index (χ1v) is 10.0. The molecule has 0 saturated heterocycles. The Morgan fingerprint density at radius 3 is 2.27 bits per heavy atom. The van der Waals surface area contributed by atoms with E-state index in [1.165, 1.54) is 25.1 Å². The molecule has 0 radical (unpaired) electrons. The quantitative estimate of drug-likeness (QED) is 0.682. The second kappa shape index (κ2) is 6.37. The van der Waals surface area contributed by atoms with E-state index in [0.717, 1.165) is 21.2 Å². The van der Waals surface area contributed by atoms with Crippen molar-refractivity contribution in [1.29, 1.82) is 0 Å². The van der Waals surface area contributed by atoms with Gasteiger partial charge in [0.25, 0.3) is 10.0 Å². The van der Waals surface area contributed by atoms with Crippen molar-refractivity contribution in [2.45, 2.75) is 32.6 Å². The van der Waals surface area contributed by atoms with Crippen LogP contribution >= 0.6 is 11.3 Å². The Labute approximate surface area is 154 Å². The van der Waals surface area contributed by atoms with Crippen LogP contribution in [0.5, 0.6) is 0 Å². The molecule has 1 amide bonds. The Morgan fingerprint density at radius 2 is 1.69 bits per heavy atom. The number of carbonyl (C=O) groups is 1. The number of carbonyl (C=O) groups excluding carboxylic acids is 1. The smallest absolute Gasteiger partial charge is 0.396 e. The molecule has 0 fully saturated rings. The number of amides is 1. The SMILES string of the molecule is CC(=O)N(c1ccc2oc(=O)sc2c1)S(=O)(=O)c1c(C)cc(C)cc1C. The van der Waals surface area contributed by atoms with E-state index in [4.69, 9.17) is 4.42 Å². The largest absolute Gasteiger partial charge is 0.414 e. The van der Waals surface area contributed by atoms with Crippen LogP contribution < -0.4 is 9.24 Å². The average Bonchev–Trinajstić information content (AvgIpc) is 2.84. The topological polar surface area (TPSA) is 84.7 Å². The summed E-state index contributed by atoms with van der Waals surface area (Å²) in [5.41, 5.74) is 2.61. The molecule has 3 aromatic rings. The van der Waals surface area contributed by atoms with E-state index in [-0.39, 0.29) is 10.6 Å². The van der Waals surface area contributed by atoms with Gasteiger partial charge < -0.3 is 4.42 Å². The van der Waals surface area contributed by atoms with Gasteiger partial charge in [0, 0.05) is 6.92 Å². The molecule has 1 aromatic heterocycles. The van der Waals surface area contributed by atoms with Crippen LogP contribution in [-0.2, 0) is 14.8 Å². The minimum atomic E-state index is -4.11. The fourth-order valence-electron chi connectivity index (χ4n) is 3.14. The normalized spacial score (nSPS) is 11.7. The van der Waals surface area contributed by atoms with Crippen molar-refractivity contribution in [2.75, 3.05) is 4.31 Å². The highest BCUT2D eigenvalue weighted by atomic mass is 32.2. The minimum absolute atomic E-state index is 0.110. The minimum Gasteiger partial charge on any atom is -0.414 e. The standard InChI is InChI=1S/C18H17NO5S2/c1-10-7-11(2)17(12(3)8-10)26(22,23)19(13(4)20)14-5-6-15-16(9-14)25-18(21)24-15/h5-9H,1-4H3. The van der Waals surface area contributed by atoms with Gasteiger partial charge in [-0.25, -0.2) is 17.5 Å². The van der Waals surface area contributed by atoms with Crippen LogP contribution in [0.15, 0.2) is 44.4 Å². The van der Waals surface area contributed by atoms with Gasteiger partial charge in [0.1, 0.15) is 5.58 Å². The van der Waals surface area contributed by atoms with Crippen molar-refractivity contribution in [1.82, 2.24) is 0 Å². The van der Waals surface area contributed by atoms with Gasteiger partial charge in [0.05, 0.1) is 15.3 Å². The second-order valence-corrected chi connectivity index (χ2v) is 8.80. The maximum absolute atomic E-state index is 13.3. The third-order valence-electron chi connectivity index (χ3n) is 3.94. The molecule has 136 valence electrons. The molecule has 0 aliphatic carbocycles. The zero-order valence-electron chi connectivity index (χ0n) is 14.7. The summed E-state index contributed by atoms with van der Waals surface area (Å²) in [6, 6.07) is 7.95. The molecular weight excluding hydrogens is 374 g/mol. The summed E-state index contributed by atoms with van der Waals surface area (Å²) in [5, 5.41) is 0. The fourth-order valence-corrected chi connectivity index (χ4v) is 5.69. The van der Waals surface area contributed by atoms with Gasteiger partial charge in [-0.05, 0) is 50.1 Å². The number of rotatable bonds is 3. The number of aryl methyl sites for hydroxylation is 3. The van der Waals surface area contributed by atoms with Crippen LogP contribution in [-0.4, -0.2) is 14.3 Å². The first-order valence-electron chi connectivity index (χ1n) is 7.78. The van der Waals surface area contributed by atoms with Crippen LogP contribution in [0.4, 0.5) is 5.69 Å². The van der Waals surface area contributed by atoms with Gasteiger partial charge in [-0.15, -0.1) is 0 Å². The molecule has 1 heterocycles. The Hall–Kier alpha value is -2.45. The summed E-state index contributed by atoms with van der Waals surface area (Å²) in [5.74, 6) is -0.639. The molecule has 26 heavy (non-hydrogen) atoms. The van der Waals surface area contributed by atoms with E-state index in [1.54, 1.807) is 26.0 Å². The highest BCUT2D eigenvalue weighted by molar-refractivity contribution is 7.93. The van der Waals surface area contributed by atoms with Gasteiger partial charge >= 0.3 is 4.94 Å². The first-order chi connectivity index (χ1) is 12.1. The third-order valence-corrected chi connectivity index (χ3v) is 6.83. The lowest BCUT2D eigenvalue weighted by Gasteiger charge is -2.23. The summed E-state index contributed by atoms with van der Waals surface area (Å²) in [4.78, 5) is 23.3. The van der Waals surface area contributed by atoms with E-state index >= 15 is 0 Å². The lowest BCUT2D eigenvalue weighted by atomic mass is 10.1. The number of hydrogen-bond donors (Lipinski definition) is 0. The third kappa shape index (κ3) is 3.06. The Morgan fingerprint density at radius 1 is 1.08 bits per heavy atom. The molecule has 0 aliphatic heterocycles. The van der Waals surface area contributed by atoms with Gasteiger partial charge in [-0.3, -0.25) is 4.79 Å². The molecule has 0 atom stereocenters. The van der Waals surface area contributed by atoms with E-state index in [1.807, 2.05) is 6.92 Å². The molecule has 2 aromatic carbocycles. The molecule has 8 heteroatoms. The van der Waals surface area contributed by atoms with Crippen LogP contribution in [0.25, 0.3) is 10.3 Å². The fraction of sp³-hybridized carbons (Fsp3) is 0.222. The second-order valence-electron chi connectivity index (χ2n) is 6.10. The molecular formula is C18H17NO5S2. The Bertz CT molecular complexity index is 1160. The van der Waals surface area contributed by atoms with Crippen molar-refractivity contribution in [3.8, 4) is 0 Å². The van der Waals surface area contributed by atoms with E-state index in [0.29, 0.717) is 21.4 Å². The van der Waals surface area contributed by atoms with Gasteiger partial charge in [0.15, 0.2) is 0 Å². The van der Waals surface area contributed by atoms with E-state index in [9.17, 15) is 18.0 Å². The van der Waals surface area contributed by atoms with Crippen molar-refractivity contribution in [3.63, 3.8) is 0 Å². The number of fused-ring (bicyclic) bond motifs is 1. The predicted molar refractivity (Wildman–Crippen MR) is 101 cm³/mol. The Balaban J connectivity index is 2.24. The molecule has 6 nitrogen and oxygen atoms in total. The van der Waals surface area contributed by atoms with Gasteiger partial charge in [-0.1, -0.05) is 29.0 Å². The van der Waals surface area contributed by atoms with Crippen molar-refractivity contribution < 1.29 is 17.6 Å². The zero-order valence-corrected chi connectivity index (χ0v) is 16.3. The molecule has 0 bridgehead atoms. The van der Waals surface area contributed by atoms with Crippen molar-refractivity contribution >= 4 is 43.2 Å². The molecule has 3 rings (SSSR count). The summed E-state index contributed by atoms with van der Waals surface area (Å²) in [7, 11) is -4.11. The lowest BCUT2D eigenvalue weighted by molar-refractivity contribution is -0.115. The number of benzene rings is 2. The monoisotopic (exact) mass is 391 g/mol. The van der Waals surface area contributed by atoms with Crippen molar-refractivity contribution in [3.05, 3.63) is 56.8 Å². The van der Waals surface area contributed by atoms with Gasteiger partial charge in [0.2, 0.25) is 5.91 Å². The number of hydrogen-bond acceptors (Lipinski definition) is 6. The highest BCUT2D eigenvalue weighted by Gasteiger charge is 2.31. The summed E-state index contributed by atoms with van der Waals surface area (Å²) >= 11 is 0.855. The number of anilines is 1. The maximum atomic E-state index is 13.3. The van der Waals surface area contributed by atoms with Crippen LogP contribution in [0.2, 0.25) is 0 Å². The number of sulfonamides is 1. The van der Waals surface area contributed by atoms with E-state index < -0.39 is 20.9 Å². The van der Waals surface area contributed by atoms with Crippen LogP contribution in [0.1, 0.15) is 23.6 Å². The molecule has 0 N–H and O–H groups in total. The number of nitrogens with zero attached hydrogens (tertiary/aromatic N) is 1. The summed E-state index contributed by atoms with van der Waals surface area (Å²) in [6.45, 7) is 6.48. The van der Waals surface area contributed by atoms with E-state index in [2.05, 4.69) is 0 Å². The lowest BCUT2D eigenvalue weighted by Crippen LogP contribution is -2.36. The molecule has 0 aliphatic rings.